The van der Waals surface area contributed by atoms with Crippen molar-refractivity contribution in [1.82, 2.24) is 0 Å². The van der Waals surface area contributed by atoms with E-state index >= 15 is 0 Å². The summed E-state index contributed by atoms with van der Waals surface area (Å²) in [7, 11) is 0. The number of rotatable bonds is 5. The van der Waals surface area contributed by atoms with Crippen molar-refractivity contribution in [3.8, 4) is 0 Å². The van der Waals surface area contributed by atoms with Crippen LogP contribution in [0, 0.1) is 0 Å². The number of aliphatic carboxylic acids is 1. The number of hydrogen-bond acceptors (Lipinski definition) is 3. The molecule has 1 rings (SSSR count). The maximum Gasteiger partial charge on any atom is 0.334 e. The summed E-state index contributed by atoms with van der Waals surface area (Å²) in [5.41, 5.74) is 0.567. The van der Waals surface area contributed by atoms with Gasteiger partial charge in [-0.15, -0.1) is 0 Å². The minimum absolute atomic E-state index is 0.147. The van der Waals surface area contributed by atoms with E-state index in [-0.39, 0.29) is 5.57 Å². The van der Waals surface area contributed by atoms with E-state index in [2.05, 4.69) is 6.92 Å². The molecular formula is C12H18O4. The van der Waals surface area contributed by atoms with Crippen LogP contribution in [0.3, 0.4) is 0 Å². The summed E-state index contributed by atoms with van der Waals surface area (Å²) < 4.78 is 0. The van der Waals surface area contributed by atoms with Gasteiger partial charge in [-0.25, -0.2) is 4.79 Å². The summed E-state index contributed by atoms with van der Waals surface area (Å²) in [5, 5.41) is 28.1. The lowest BCUT2D eigenvalue weighted by atomic mass is 9.89. The minimum Gasteiger partial charge on any atom is -0.478 e. The lowest BCUT2D eigenvalue weighted by molar-refractivity contribution is -0.134. The molecule has 0 fully saturated rings. The van der Waals surface area contributed by atoms with Gasteiger partial charge in [0.15, 0.2) is 0 Å². The Kier molecular flexibility index (Phi) is 4.71. The lowest BCUT2D eigenvalue weighted by Gasteiger charge is -2.24. The third-order valence-corrected chi connectivity index (χ3v) is 2.79. The highest BCUT2D eigenvalue weighted by Crippen LogP contribution is 2.24. The predicted molar refractivity (Wildman–Crippen MR) is 60.0 cm³/mol. The Balaban J connectivity index is 2.69. The van der Waals surface area contributed by atoms with E-state index in [1.54, 1.807) is 6.08 Å². The zero-order chi connectivity index (χ0) is 12.1. The van der Waals surface area contributed by atoms with Crippen molar-refractivity contribution in [2.24, 2.45) is 0 Å². The Morgan fingerprint density at radius 3 is 2.50 bits per heavy atom. The van der Waals surface area contributed by atoms with Crippen molar-refractivity contribution in [3.63, 3.8) is 0 Å². The number of carbonyl (C=O) groups is 1. The maximum absolute atomic E-state index is 10.7. The number of carboxylic acid groups (broad SMARTS) is 1. The SMILES string of the molecule is CCCCCC1=CC=C(C(=O)O)[C@@H](O)[C@H]1O. The molecule has 0 saturated carbocycles. The first-order chi connectivity index (χ1) is 7.57. The Hall–Kier alpha value is -1.13. The first-order valence-electron chi connectivity index (χ1n) is 5.58. The third kappa shape index (κ3) is 2.93. The smallest absolute Gasteiger partial charge is 0.334 e. The molecule has 0 unspecified atom stereocenters. The van der Waals surface area contributed by atoms with E-state index < -0.39 is 18.2 Å². The Labute approximate surface area is 94.9 Å². The molecule has 0 aliphatic heterocycles. The number of carboxylic acids is 1. The molecule has 3 N–H and O–H groups in total. The molecule has 0 spiro atoms. The number of aliphatic hydroxyl groups excluding tert-OH is 2. The van der Waals surface area contributed by atoms with Crippen LogP contribution in [0.2, 0.25) is 0 Å². The second-order valence-corrected chi connectivity index (χ2v) is 4.02. The second-order valence-electron chi connectivity index (χ2n) is 4.02. The molecule has 0 radical (unpaired) electrons. The minimum atomic E-state index is -1.31. The van der Waals surface area contributed by atoms with Crippen LogP contribution in [-0.2, 0) is 4.79 Å². The van der Waals surface area contributed by atoms with E-state index in [1.807, 2.05) is 0 Å². The standard InChI is InChI=1S/C12H18O4/c1-2-3-4-5-8-6-7-9(12(15)16)11(14)10(8)13/h6-7,10-11,13-14H,2-5H2,1H3,(H,15,16)/t10-,11+/m0/s1. The first kappa shape index (κ1) is 12.9. The fourth-order valence-corrected chi connectivity index (χ4v) is 1.77. The zero-order valence-electron chi connectivity index (χ0n) is 9.39. The molecule has 4 heteroatoms. The predicted octanol–water partition coefficient (Wildman–Crippen LogP) is 1.24. The van der Waals surface area contributed by atoms with Gasteiger partial charge in [0, 0.05) is 0 Å². The van der Waals surface area contributed by atoms with Gasteiger partial charge in [0.1, 0.15) is 12.2 Å². The van der Waals surface area contributed by atoms with E-state index in [4.69, 9.17) is 5.11 Å². The van der Waals surface area contributed by atoms with E-state index in [0.717, 1.165) is 19.3 Å². The average Bonchev–Trinajstić information content (AvgIpc) is 2.24. The molecule has 1 aliphatic rings. The van der Waals surface area contributed by atoms with Crippen LogP contribution in [0.5, 0.6) is 0 Å². The Bertz CT molecular complexity index is 317. The van der Waals surface area contributed by atoms with Crippen molar-refractivity contribution in [2.75, 3.05) is 0 Å². The van der Waals surface area contributed by atoms with Gasteiger partial charge in [-0.05, 0) is 24.5 Å². The van der Waals surface area contributed by atoms with Crippen LogP contribution in [0.25, 0.3) is 0 Å². The summed E-state index contributed by atoms with van der Waals surface area (Å²) in [6.07, 6.45) is 4.40. The number of aliphatic hydroxyl groups is 2. The molecule has 90 valence electrons. The number of unbranched alkanes of at least 4 members (excludes halogenated alkanes) is 2. The molecule has 0 aromatic rings. The van der Waals surface area contributed by atoms with Crippen LogP contribution in [-0.4, -0.2) is 33.5 Å². The van der Waals surface area contributed by atoms with Crippen LogP contribution >= 0.6 is 0 Å². The van der Waals surface area contributed by atoms with Gasteiger partial charge in [-0.1, -0.05) is 25.8 Å². The van der Waals surface area contributed by atoms with Crippen molar-refractivity contribution in [2.45, 2.75) is 44.8 Å². The van der Waals surface area contributed by atoms with Gasteiger partial charge in [0.25, 0.3) is 0 Å². The van der Waals surface area contributed by atoms with Gasteiger partial charge in [0.2, 0.25) is 0 Å². The normalized spacial score (nSPS) is 24.9. The summed E-state index contributed by atoms with van der Waals surface area (Å²) in [6.45, 7) is 2.09. The highest BCUT2D eigenvalue weighted by atomic mass is 16.4. The lowest BCUT2D eigenvalue weighted by Crippen LogP contribution is -2.34. The van der Waals surface area contributed by atoms with Crippen molar-refractivity contribution < 1.29 is 20.1 Å². The van der Waals surface area contributed by atoms with Crippen LogP contribution < -0.4 is 0 Å². The zero-order valence-corrected chi connectivity index (χ0v) is 9.39. The molecule has 16 heavy (non-hydrogen) atoms. The van der Waals surface area contributed by atoms with Gasteiger partial charge >= 0.3 is 5.97 Å². The quantitative estimate of drug-likeness (QED) is 0.616. The Morgan fingerprint density at radius 2 is 1.94 bits per heavy atom. The summed E-state index contributed by atoms with van der Waals surface area (Å²) in [6, 6.07) is 0. The summed E-state index contributed by atoms with van der Waals surface area (Å²) in [5.74, 6) is -1.18. The largest absolute Gasteiger partial charge is 0.478 e. The molecule has 0 amide bonds. The molecule has 0 bridgehead atoms. The Morgan fingerprint density at radius 1 is 1.25 bits per heavy atom. The molecular weight excluding hydrogens is 208 g/mol. The van der Waals surface area contributed by atoms with E-state index in [9.17, 15) is 15.0 Å². The van der Waals surface area contributed by atoms with Gasteiger partial charge in [-0.2, -0.15) is 0 Å². The maximum atomic E-state index is 10.7. The highest BCUT2D eigenvalue weighted by Gasteiger charge is 2.30. The molecule has 1 aliphatic carbocycles. The third-order valence-electron chi connectivity index (χ3n) is 2.79. The van der Waals surface area contributed by atoms with Gasteiger partial charge < -0.3 is 15.3 Å². The van der Waals surface area contributed by atoms with E-state index in [0.29, 0.717) is 12.0 Å². The van der Waals surface area contributed by atoms with Crippen molar-refractivity contribution in [1.29, 1.82) is 0 Å². The molecule has 0 aromatic carbocycles. The monoisotopic (exact) mass is 226 g/mol. The molecule has 4 nitrogen and oxygen atoms in total. The fourth-order valence-electron chi connectivity index (χ4n) is 1.77. The van der Waals surface area contributed by atoms with Crippen LogP contribution in [0.1, 0.15) is 32.6 Å². The molecule has 2 atom stereocenters. The molecule has 0 heterocycles. The van der Waals surface area contributed by atoms with Gasteiger partial charge in [0.05, 0.1) is 5.57 Å². The number of hydrogen-bond donors (Lipinski definition) is 3. The molecule has 0 saturated heterocycles. The van der Waals surface area contributed by atoms with E-state index in [1.165, 1.54) is 6.08 Å². The van der Waals surface area contributed by atoms with Crippen LogP contribution in [0.4, 0.5) is 0 Å². The second kappa shape index (κ2) is 5.82. The highest BCUT2D eigenvalue weighted by molar-refractivity contribution is 5.88. The molecule has 0 aromatic heterocycles. The van der Waals surface area contributed by atoms with Crippen molar-refractivity contribution in [3.05, 3.63) is 23.3 Å². The summed E-state index contributed by atoms with van der Waals surface area (Å²) >= 11 is 0. The van der Waals surface area contributed by atoms with Gasteiger partial charge in [-0.3, -0.25) is 0 Å². The van der Waals surface area contributed by atoms with Crippen molar-refractivity contribution >= 4 is 5.97 Å². The fraction of sp³-hybridized carbons (Fsp3) is 0.583. The number of allylic oxidation sites excluding steroid dienone is 2. The topological polar surface area (TPSA) is 77.8 Å². The average molecular weight is 226 g/mol. The first-order valence-corrected chi connectivity index (χ1v) is 5.58. The van der Waals surface area contributed by atoms with Crippen LogP contribution in [0.15, 0.2) is 23.3 Å². The summed E-state index contributed by atoms with van der Waals surface area (Å²) in [4.78, 5) is 10.7.